The highest BCUT2D eigenvalue weighted by atomic mass is 16.5. The SMILES string of the molecule is CC(=O)O[C@H]1CC[C@]2(C)C3CCC4(C)[C@@H]5CC(C)(C)CC[C@]5(C)CC[C@]4(C)C3=CCC2C1(C)C. The van der Waals surface area contributed by atoms with E-state index in [-0.39, 0.29) is 17.5 Å². The zero-order valence-electron chi connectivity index (χ0n) is 23.8. The maximum Gasteiger partial charge on any atom is 0.302 e. The van der Waals surface area contributed by atoms with Crippen LogP contribution in [0.25, 0.3) is 0 Å². The van der Waals surface area contributed by atoms with Crippen molar-refractivity contribution in [1.82, 2.24) is 0 Å². The van der Waals surface area contributed by atoms with Gasteiger partial charge in [0.25, 0.3) is 0 Å². The third-order valence-electron chi connectivity index (χ3n) is 13.3. The molecule has 0 saturated heterocycles. The molecule has 4 fully saturated rings. The van der Waals surface area contributed by atoms with Crippen molar-refractivity contribution in [2.45, 2.75) is 133 Å². The van der Waals surface area contributed by atoms with Crippen LogP contribution in [0.5, 0.6) is 0 Å². The molecule has 5 aliphatic carbocycles. The molecule has 0 spiro atoms. The van der Waals surface area contributed by atoms with Crippen molar-refractivity contribution in [3.05, 3.63) is 11.6 Å². The molecule has 192 valence electrons. The average molecular weight is 469 g/mol. The van der Waals surface area contributed by atoms with E-state index in [0.29, 0.717) is 38.9 Å². The summed E-state index contributed by atoms with van der Waals surface area (Å²) >= 11 is 0. The van der Waals surface area contributed by atoms with Gasteiger partial charge in [-0.15, -0.1) is 0 Å². The maximum atomic E-state index is 11.9. The summed E-state index contributed by atoms with van der Waals surface area (Å²) in [6, 6.07) is 0. The van der Waals surface area contributed by atoms with Crippen molar-refractivity contribution < 1.29 is 9.53 Å². The van der Waals surface area contributed by atoms with Crippen LogP contribution in [0.2, 0.25) is 0 Å². The van der Waals surface area contributed by atoms with Gasteiger partial charge in [0.05, 0.1) is 0 Å². The second-order valence-corrected chi connectivity index (χ2v) is 15.8. The number of esters is 1. The van der Waals surface area contributed by atoms with E-state index in [1.54, 1.807) is 6.92 Å². The number of carbonyl (C=O) groups is 1. The first-order chi connectivity index (χ1) is 15.6. The second-order valence-electron chi connectivity index (χ2n) is 15.8. The molecular formula is C32H52O2. The average Bonchev–Trinajstić information content (AvgIpc) is 2.73. The van der Waals surface area contributed by atoms with E-state index in [0.717, 1.165) is 18.8 Å². The summed E-state index contributed by atoms with van der Waals surface area (Å²) < 4.78 is 5.89. The monoisotopic (exact) mass is 468 g/mol. The number of hydrogen-bond donors (Lipinski definition) is 0. The van der Waals surface area contributed by atoms with E-state index >= 15 is 0 Å². The van der Waals surface area contributed by atoms with Gasteiger partial charge in [0.1, 0.15) is 6.10 Å². The fraction of sp³-hybridized carbons (Fsp3) is 0.906. The smallest absolute Gasteiger partial charge is 0.302 e. The van der Waals surface area contributed by atoms with E-state index in [2.05, 4.69) is 61.5 Å². The number of ether oxygens (including phenoxy) is 1. The number of rotatable bonds is 1. The van der Waals surface area contributed by atoms with Gasteiger partial charge >= 0.3 is 5.97 Å². The van der Waals surface area contributed by atoms with Crippen LogP contribution in [0.4, 0.5) is 0 Å². The van der Waals surface area contributed by atoms with Crippen LogP contribution in [-0.2, 0) is 9.53 Å². The lowest BCUT2D eigenvalue weighted by molar-refractivity contribution is -0.187. The van der Waals surface area contributed by atoms with Gasteiger partial charge in [-0.05, 0) is 109 Å². The highest BCUT2D eigenvalue weighted by molar-refractivity contribution is 5.66. The Balaban J connectivity index is 1.52. The van der Waals surface area contributed by atoms with Crippen LogP contribution in [-0.4, -0.2) is 12.1 Å². The fourth-order valence-corrected chi connectivity index (χ4v) is 10.9. The lowest BCUT2D eigenvalue weighted by Crippen LogP contribution is -2.63. The van der Waals surface area contributed by atoms with Crippen molar-refractivity contribution >= 4 is 5.97 Å². The van der Waals surface area contributed by atoms with Crippen molar-refractivity contribution in [2.75, 3.05) is 0 Å². The summed E-state index contributed by atoms with van der Waals surface area (Å²) in [6.45, 7) is 22.1. The van der Waals surface area contributed by atoms with Gasteiger partial charge in [-0.3, -0.25) is 4.79 Å². The highest BCUT2D eigenvalue weighted by Gasteiger charge is 2.67. The number of carbonyl (C=O) groups excluding carboxylic acids is 1. The molecule has 0 bridgehead atoms. The van der Waals surface area contributed by atoms with E-state index in [1.807, 2.05) is 5.57 Å². The van der Waals surface area contributed by atoms with Crippen LogP contribution in [0.15, 0.2) is 11.6 Å². The Morgan fingerprint density at radius 2 is 1.53 bits per heavy atom. The lowest BCUT2D eigenvalue weighted by atomic mass is 9.34. The number of hydrogen-bond acceptors (Lipinski definition) is 2. The maximum absolute atomic E-state index is 11.9. The Hall–Kier alpha value is -0.790. The van der Waals surface area contributed by atoms with Crippen LogP contribution >= 0.6 is 0 Å². The van der Waals surface area contributed by atoms with Crippen molar-refractivity contribution in [3.63, 3.8) is 0 Å². The Morgan fingerprint density at radius 3 is 2.21 bits per heavy atom. The molecule has 0 aromatic heterocycles. The summed E-state index contributed by atoms with van der Waals surface area (Å²) in [6.07, 6.45) is 15.9. The molecule has 2 nitrogen and oxygen atoms in total. The van der Waals surface area contributed by atoms with Gasteiger partial charge in [0, 0.05) is 12.3 Å². The van der Waals surface area contributed by atoms with Gasteiger partial charge in [0.15, 0.2) is 0 Å². The molecule has 0 heterocycles. The minimum absolute atomic E-state index is 0.0287. The Kier molecular flexibility index (Phi) is 5.40. The molecule has 8 atom stereocenters. The van der Waals surface area contributed by atoms with Crippen molar-refractivity contribution in [3.8, 4) is 0 Å². The number of allylic oxidation sites excluding steroid dienone is 2. The molecular weight excluding hydrogens is 416 g/mol. The summed E-state index contributed by atoms with van der Waals surface area (Å²) in [7, 11) is 0. The Labute approximate surface area is 210 Å². The number of fused-ring (bicyclic) bond motifs is 7. The predicted octanol–water partition coefficient (Wildman–Crippen LogP) is 8.74. The quantitative estimate of drug-likeness (QED) is 0.284. The third-order valence-corrected chi connectivity index (χ3v) is 13.3. The van der Waals surface area contributed by atoms with Crippen LogP contribution in [0.3, 0.4) is 0 Å². The molecule has 34 heavy (non-hydrogen) atoms. The molecule has 3 unspecified atom stereocenters. The molecule has 5 rings (SSSR count). The fourth-order valence-electron chi connectivity index (χ4n) is 10.9. The molecule has 0 N–H and O–H groups in total. The summed E-state index contributed by atoms with van der Waals surface area (Å²) in [5.41, 5.74) is 3.95. The molecule has 5 aliphatic rings. The van der Waals surface area contributed by atoms with E-state index in [9.17, 15) is 4.79 Å². The highest BCUT2D eigenvalue weighted by Crippen LogP contribution is 2.75. The largest absolute Gasteiger partial charge is 0.462 e. The molecule has 2 heteroatoms. The molecule has 0 aliphatic heterocycles. The second kappa shape index (κ2) is 7.38. The first-order valence-electron chi connectivity index (χ1n) is 14.5. The first-order valence-corrected chi connectivity index (χ1v) is 14.5. The standard InChI is InChI=1S/C32H52O2/c1-21(33)34-26-13-14-30(7)22-12-15-32(9)25-20-27(2,3)16-17-29(25,6)18-19-31(32,8)23(22)10-11-24(30)28(26,4)5/h10,22,24-26H,11-20H2,1-9H3/t22?,24?,25-,26+,29-,30-,31-,32?/m1/s1. The third kappa shape index (κ3) is 3.21. The van der Waals surface area contributed by atoms with Crippen LogP contribution in [0, 0.1) is 50.2 Å². The zero-order chi connectivity index (χ0) is 24.9. The van der Waals surface area contributed by atoms with Gasteiger partial charge in [-0.1, -0.05) is 67.0 Å². The van der Waals surface area contributed by atoms with Crippen LogP contribution < -0.4 is 0 Å². The Morgan fingerprint density at radius 1 is 0.853 bits per heavy atom. The normalized spacial score (nSPS) is 51.1. The van der Waals surface area contributed by atoms with Gasteiger partial charge < -0.3 is 4.74 Å². The van der Waals surface area contributed by atoms with Gasteiger partial charge in [0.2, 0.25) is 0 Å². The summed E-state index contributed by atoms with van der Waals surface area (Å²) in [4.78, 5) is 11.9. The molecule has 0 aromatic carbocycles. The topological polar surface area (TPSA) is 26.3 Å². The Bertz CT molecular complexity index is 897. The van der Waals surface area contributed by atoms with E-state index in [1.165, 1.54) is 51.4 Å². The van der Waals surface area contributed by atoms with E-state index < -0.39 is 0 Å². The van der Waals surface area contributed by atoms with Gasteiger partial charge in [-0.2, -0.15) is 0 Å². The van der Waals surface area contributed by atoms with Crippen molar-refractivity contribution in [2.24, 2.45) is 50.2 Å². The molecule has 0 radical (unpaired) electrons. The molecule has 0 aromatic rings. The first kappa shape index (κ1) is 24.9. The summed E-state index contributed by atoms with van der Waals surface area (Å²) in [5, 5.41) is 0. The predicted molar refractivity (Wildman–Crippen MR) is 140 cm³/mol. The molecule has 4 saturated carbocycles. The summed E-state index contributed by atoms with van der Waals surface area (Å²) in [5.74, 6) is 2.01. The van der Waals surface area contributed by atoms with Gasteiger partial charge in [-0.25, -0.2) is 0 Å². The van der Waals surface area contributed by atoms with Crippen molar-refractivity contribution in [1.29, 1.82) is 0 Å². The minimum atomic E-state index is -0.115. The lowest BCUT2D eigenvalue weighted by Gasteiger charge is -2.71. The minimum Gasteiger partial charge on any atom is -0.462 e. The zero-order valence-corrected chi connectivity index (χ0v) is 23.8. The van der Waals surface area contributed by atoms with E-state index in [4.69, 9.17) is 4.74 Å². The molecule has 0 amide bonds. The van der Waals surface area contributed by atoms with Crippen LogP contribution in [0.1, 0.15) is 127 Å².